The zero-order chi connectivity index (χ0) is 19.2. The summed E-state index contributed by atoms with van der Waals surface area (Å²) >= 11 is 11.9. The smallest absolute Gasteiger partial charge is 0.305 e. The molecule has 0 aromatic heterocycles. The van der Waals surface area contributed by atoms with Gasteiger partial charge in [0.25, 0.3) is 11.8 Å². The second-order valence-electron chi connectivity index (χ2n) is 5.83. The molecule has 1 unspecified atom stereocenters. The highest BCUT2D eigenvalue weighted by Gasteiger charge is 2.49. The Morgan fingerprint density at radius 3 is 2.46 bits per heavy atom. The van der Waals surface area contributed by atoms with Crippen LogP contribution in [0.1, 0.15) is 25.7 Å². The molecule has 0 radical (unpaired) electrons. The zero-order valence-electron chi connectivity index (χ0n) is 14.3. The Kier molecular flexibility index (Phi) is 7.25. The monoisotopic (exact) mass is 402 g/mol. The highest BCUT2D eigenvalue weighted by molar-refractivity contribution is 6.35. The number of methoxy groups -OCH3 is 1. The van der Waals surface area contributed by atoms with Gasteiger partial charge < -0.3 is 20.1 Å². The summed E-state index contributed by atoms with van der Waals surface area (Å²) in [6.07, 6.45) is 1.42. The van der Waals surface area contributed by atoms with Crippen molar-refractivity contribution in [3.63, 3.8) is 0 Å². The Labute approximate surface area is 161 Å². The topological polar surface area (TPSA) is 93.7 Å². The largest absolute Gasteiger partial charge is 0.469 e. The molecule has 2 N–H and O–H groups in total. The Morgan fingerprint density at radius 2 is 1.88 bits per heavy atom. The number of carbonyl (C=O) groups excluding carboxylic acids is 3. The number of anilines is 1. The van der Waals surface area contributed by atoms with Crippen LogP contribution in [0.2, 0.25) is 10.0 Å². The van der Waals surface area contributed by atoms with Crippen molar-refractivity contribution in [1.29, 1.82) is 0 Å². The number of carbonyl (C=O) groups is 3. The number of amides is 2. The number of hydrogen-bond donors (Lipinski definition) is 2. The van der Waals surface area contributed by atoms with Crippen molar-refractivity contribution < 1.29 is 23.9 Å². The van der Waals surface area contributed by atoms with Crippen LogP contribution < -0.4 is 10.6 Å². The summed E-state index contributed by atoms with van der Waals surface area (Å²) in [5, 5.41) is 6.01. The first-order valence-electron chi connectivity index (χ1n) is 8.14. The molecule has 0 bridgehead atoms. The molecule has 9 heteroatoms. The third-order valence-electron chi connectivity index (χ3n) is 3.95. The van der Waals surface area contributed by atoms with E-state index in [9.17, 15) is 14.4 Å². The maximum atomic E-state index is 12.7. The van der Waals surface area contributed by atoms with Crippen LogP contribution in [0.15, 0.2) is 18.2 Å². The summed E-state index contributed by atoms with van der Waals surface area (Å²) in [6, 6.07) is 4.60. The molecule has 1 heterocycles. The van der Waals surface area contributed by atoms with Crippen molar-refractivity contribution in [3.8, 4) is 0 Å². The molecule has 1 aliphatic rings. The second-order valence-corrected chi connectivity index (χ2v) is 6.70. The van der Waals surface area contributed by atoms with Crippen LogP contribution in [0.5, 0.6) is 0 Å². The van der Waals surface area contributed by atoms with Gasteiger partial charge in [-0.05, 0) is 37.5 Å². The van der Waals surface area contributed by atoms with Gasteiger partial charge >= 0.3 is 5.97 Å². The SMILES string of the molecule is COC(=O)CCCNC(=O)C1(C(=O)Nc2cc(Cl)cc(Cl)c2)CCCO1. The minimum atomic E-state index is -1.61. The quantitative estimate of drug-likeness (QED) is 0.415. The molecular formula is C17H20Cl2N2O5. The number of esters is 1. The zero-order valence-corrected chi connectivity index (χ0v) is 15.8. The van der Waals surface area contributed by atoms with Gasteiger partial charge in [0.2, 0.25) is 5.60 Å². The summed E-state index contributed by atoms with van der Waals surface area (Å²) in [5.74, 6) is -1.48. The van der Waals surface area contributed by atoms with Crippen molar-refractivity contribution >= 4 is 46.7 Å². The maximum Gasteiger partial charge on any atom is 0.305 e. The molecule has 7 nitrogen and oxygen atoms in total. The molecule has 0 saturated carbocycles. The van der Waals surface area contributed by atoms with Crippen LogP contribution in [-0.2, 0) is 23.9 Å². The van der Waals surface area contributed by atoms with Crippen LogP contribution in [0.25, 0.3) is 0 Å². The lowest BCUT2D eigenvalue weighted by Gasteiger charge is -2.26. The Hall–Kier alpha value is -1.83. The van der Waals surface area contributed by atoms with Gasteiger partial charge in [0.1, 0.15) is 0 Å². The average Bonchev–Trinajstić information content (AvgIpc) is 3.08. The third kappa shape index (κ3) is 5.09. The van der Waals surface area contributed by atoms with E-state index in [1.54, 1.807) is 0 Å². The standard InChI is InChI=1S/C17H20Cl2N2O5/c1-25-14(22)4-2-6-20-15(23)17(5-3-7-26-17)16(24)21-13-9-11(18)8-12(19)10-13/h8-10H,2-7H2,1H3,(H,20,23)(H,21,24). The van der Waals surface area contributed by atoms with Crippen LogP contribution in [0.4, 0.5) is 5.69 Å². The van der Waals surface area contributed by atoms with Gasteiger partial charge in [0.05, 0.1) is 7.11 Å². The van der Waals surface area contributed by atoms with Gasteiger partial charge in [-0.3, -0.25) is 14.4 Å². The molecule has 1 aromatic rings. The summed E-state index contributed by atoms with van der Waals surface area (Å²) in [6.45, 7) is 0.536. The van der Waals surface area contributed by atoms with E-state index in [-0.39, 0.29) is 25.4 Å². The Bertz CT molecular complexity index is 669. The second kappa shape index (κ2) is 9.21. The fraction of sp³-hybridized carbons (Fsp3) is 0.471. The van der Waals surface area contributed by atoms with Gasteiger partial charge in [-0.25, -0.2) is 0 Å². The average molecular weight is 403 g/mol. The summed E-state index contributed by atoms with van der Waals surface area (Å²) < 4.78 is 10.1. The number of benzene rings is 1. The van der Waals surface area contributed by atoms with Crippen LogP contribution >= 0.6 is 23.2 Å². The van der Waals surface area contributed by atoms with E-state index in [0.29, 0.717) is 35.2 Å². The molecule has 1 atom stereocenters. The van der Waals surface area contributed by atoms with Crippen molar-refractivity contribution in [2.75, 3.05) is 25.6 Å². The number of halogens is 2. The maximum absolute atomic E-state index is 12.7. The molecular weight excluding hydrogens is 383 g/mol. The fourth-order valence-corrected chi connectivity index (χ4v) is 3.16. The van der Waals surface area contributed by atoms with Crippen LogP contribution in [-0.4, -0.2) is 43.6 Å². The molecule has 26 heavy (non-hydrogen) atoms. The first-order valence-corrected chi connectivity index (χ1v) is 8.89. The summed E-state index contributed by atoms with van der Waals surface area (Å²) in [4.78, 5) is 36.4. The van der Waals surface area contributed by atoms with E-state index >= 15 is 0 Å². The highest BCUT2D eigenvalue weighted by Crippen LogP contribution is 2.29. The van der Waals surface area contributed by atoms with Crippen molar-refractivity contribution in [2.24, 2.45) is 0 Å². The third-order valence-corrected chi connectivity index (χ3v) is 4.38. The normalized spacial score (nSPS) is 19.0. The minimum Gasteiger partial charge on any atom is -0.469 e. The first kappa shape index (κ1) is 20.5. The van der Waals surface area contributed by atoms with E-state index in [0.717, 1.165) is 0 Å². The Morgan fingerprint density at radius 1 is 1.19 bits per heavy atom. The fourth-order valence-electron chi connectivity index (χ4n) is 2.64. The predicted molar refractivity (Wildman–Crippen MR) is 97.3 cm³/mol. The summed E-state index contributed by atoms with van der Waals surface area (Å²) in [5.41, 5.74) is -1.24. The lowest BCUT2D eigenvalue weighted by molar-refractivity contribution is -0.152. The highest BCUT2D eigenvalue weighted by atomic mass is 35.5. The van der Waals surface area contributed by atoms with Crippen molar-refractivity contribution in [1.82, 2.24) is 5.32 Å². The van der Waals surface area contributed by atoms with E-state index < -0.39 is 17.4 Å². The van der Waals surface area contributed by atoms with Gasteiger partial charge in [-0.2, -0.15) is 0 Å². The van der Waals surface area contributed by atoms with E-state index in [4.69, 9.17) is 27.9 Å². The van der Waals surface area contributed by atoms with Gasteiger partial charge in [-0.1, -0.05) is 23.2 Å². The van der Waals surface area contributed by atoms with Crippen LogP contribution in [0.3, 0.4) is 0 Å². The van der Waals surface area contributed by atoms with E-state index in [1.165, 1.54) is 25.3 Å². The number of rotatable bonds is 7. The summed E-state index contributed by atoms with van der Waals surface area (Å²) in [7, 11) is 1.30. The van der Waals surface area contributed by atoms with E-state index in [1.807, 2.05) is 0 Å². The molecule has 1 saturated heterocycles. The Balaban J connectivity index is 2.02. The van der Waals surface area contributed by atoms with Crippen molar-refractivity contribution in [3.05, 3.63) is 28.2 Å². The molecule has 1 fully saturated rings. The van der Waals surface area contributed by atoms with Crippen molar-refractivity contribution in [2.45, 2.75) is 31.3 Å². The van der Waals surface area contributed by atoms with Gasteiger partial charge in [0.15, 0.2) is 0 Å². The lowest BCUT2D eigenvalue weighted by Crippen LogP contribution is -2.54. The van der Waals surface area contributed by atoms with Gasteiger partial charge in [-0.15, -0.1) is 0 Å². The van der Waals surface area contributed by atoms with Crippen LogP contribution in [0, 0.1) is 0 Å². The minimum absolute atomic E-state index is 0.178. The molecule has 0 aliphatic carbocycles. The molecule has 142 valence electrons. The lowest BCUT2D eigenvalue weighted by atomic mass is 9.97. The molecule has 1 aliphatic heterocycles. The predicted octanol–water partition coefficient (Wildman–Crippen LogP) is 2.55. The number of hydrogen-bond acceptors (Lipinski definition) is 5. The molecule has 1 aromatic carbocycles. The number of nitrogens with one attached hydrogen (secondary N) is 2. The van der Waals surface area contributed by atoms with Gasteiger partial charge in [0, 0.05) is 35.3 Å². The first-order chi connectivity index (χ1) is 12.4. The molecule has 2 amide bonds. The number of ether oxygens (including phenoxy) is 2. The van der Waals surface area contributed by atoms with E-state index in [2.05, 4.69) is 15.4 Å². The molecule has 2 rings (SSSR count). The molecule has 0 spiro atoms.